The zero-order valence-electron chi connectivity index (χ0n) is 13.1. The van der Waals surface area contributed by atoms with Crippen LogP contribution in [0.15, 0.2) is 48.5 Å². The number of methoxy groups -OCH3 is 2. The number of rotatable bonds is 5. The number of benzene rings is 2. The Morgan fingerprint density at radius 2 is 1.62 bits per heavy atom. The zero-order valence-corrected chi connectivity index (χ0v) is 13.1. The van der Waals surface area contributed by atoms with Crippen molar-refractivity contribution in [2.24, 2.45) is 5.73 Å². The Morgan fingerprint density at radius 3 is 2.19 bits per heavy atom. The molecule has 2 rings (SSSR count). The largest absolute Gasteiger partial charge is 0.497 e. The molecule has 21 heavy (non-hydrogen) atoms. The Balaban J connectivity index is 2.45. The van der Waals surface area contributed by atoms with Gasteiger partial charge in [-0.2, -0.15) is 0 Å². The molecule has 1 atom stereocenters. The molecule has 0 amide bonds. The zero-order chi connectivity index (χ0) is 15.5. The van der Waals surface area contributed by atoms with Crippen molar-refractivity contribution in [3.05, 3.63) is 59.7 Å². The lowest BCUT2D eigenvalue weighted by Gasteiger charge is -2.33. The second-order valence-electron chi connectivity index (χ2n) is 5.67. The summed E-state index contributed by atoms with van der Waals surface area (Å²) in [5.74, 6) is 1.57. The minimum absolute atomic E-state index is 0.204. The van der Waals surface area contributed by atoms with E-state index in [4.69, 9.17) is 15.2 Å². The van der Waals surface area contributed by atoms with Gasteiger partial charge >= 0.3 is 0 Å². The molecular formula is C18H23NO2. The molecule has 0 spiro atoms. The van der Waals surface area contributed by atoms with Crippen molar-refractivity contribution < 1.29 is 9.47 Å². The Labute approximate surface area is 126 Å². The lowest BCUT2D eigenvalue weighted by molar-refractivity contribution is 0.370. The van der Waals surface area contributed by atoms with Gasteiger partial charge in [0.15, 0.2) is 0 Å². The Hall–Kier alpha value is -2.00. The molecule has 0 aliphatic heterocycles. The van der Waals surface area contributed by atoms with Gasteiger partial charge in [-0.05, 0) is 23.8 Å². The van der Waals surface area contributed by atoms with Gasteiger partial charge in [-0.25, -0.2) is 0 Å². The van der Waals surface area contributed by atoms with Crippen molar-refractivity contribution in [1.29, 1.82) is 0 Å². The Bertz CT molecular complexity index is 593. The number of ether oxygens (including phenoxy) is 2. The average molecular weight is 285 g/mol. The average Bonchev–Trinajstić information content (AvgIpc) is 2.54. The van der Waals surface area contributed by atoms with Crippen LogP contribution in [0.3, 0.4) is 0 Å². The van der Waals surface area contributed by atoms with E-state index in [9.17, 15) is 0 Å². The van der Waals surface area contributed by atoms with Gasteiger partial charge in [-0.15, -0.1) is 0 Å². The van der Waals surface area contributed by atoms with Crippen LogP contribution in [0.5, 0.6) is 11.5 Å². The molecule has 0 saturated heterocycles. The molecule has 0 aliphatic rings. The Kier molecular flexibility index (Phi) is 4.53. The van der Waals surface area contributed by atoms with Crippen molar-refractivity contribution in [2.45, 2.75) is 25.3 Å². The molecule has 0 aliphatic carbocycles. The predicted molar refractivity (Wildman–Crippen MR) is 85.9 cm³/mol. The maximum absolute atomic E-state index is 6.57. The standard InChI is InChI=1S/C18H23NO2/c1-18(2,13-8-6-5-7-9-13)17(19)15-12-14(20-3)10-11-16(15)21-4/h5-12,17H,19H2,1-4H3. The topological polar surface area (TPSA) is 44.5 Å². The van der Waals surface area contributed by atoms with Crippen LogP contribution in [0.1, 0.15) is 31.0 Å². The Morgan fingerprint density at radius 1 is 0.952 bits per heavy atom. The van der Waals surface area contributed by atoms with Gasteiger partial charge in [0, 0.05) is 17.0 Å². The van der Waals surface area contributed by atoms with Crippen LogP contribution in [0.25, 0.3) is 0 Å². The SMILES string of the molecule is COc1ccc(OC)c(C(N)C(C)(C)c2ccccc2)c1. The van der Waals surface area contributed by atoms with Crippen LogP contribution in [0.2, 0.25) is 0 Å². The highest BCUT2D eigenvalue weighted by Crippen LogP contribution is 2.39. The van der Waals surface area contributed by atoms with E-state index in [1.807, 2.05) is 36.4 Å². The fourth-order valence-corrected chi connectivity index (χ4v) is 2.52. The molecule has 3 nitrogen and oxygen atoms in total. The first-order valence-corrected chi connectivity index (χ1v) is 7.03. The van der Waals surface area contributed by atoms with Crippen molar-refractivity contribution >= 4 is 0 Å². The molecule has 0 bridgehead atoms. The van der Waals surface area contributed by atoms with E-state index in [2.05, 4.69) is 26.0 Å². The summed E-state index contributed by atoms with van der Waals surface area (Å²) in [6.45, 7) is 4.29. The third kappa shape index (κ3) is 3.03. The summed E-state index contributed by atoms with van der Waals surface area (Å²) in [6.07, 6.45) is 0. The molecule has 0 radical (unpaired) electrons. The highest BCUT2D eigenvalue weighted by Gasteiger charge is 2.31. The van der Waals surface area contributed by atoms with Gasteiger partial charge in [0.1, 0.15) is 11.5 Å². The molecule has 112 valence electrons. The van der Waals surface area contributed by atoms with E-state index >= 15 is 0 Å². The molecule has 0 saturated carbocycles. The van der Waals surface area contributed by atoms with Crippen LogP contribution in [-0.2, 0) is 5.41 Å². The maximum atomic E-state index is 6.57. The first-order chi connectivity index (χ1) is 10.0. The molecular weight excluding hydrogens is 262 g/mol. The second kappa shape index (κ2) is 6.19. The summed E-state index contributed by atoms with van der Waals surface area (Å²) in [4.78, 5) is 0. The van der Waals surface area contributed by atoms with Gasteiger partial charge in [-0.1, -0.05) is 44.2 Å². The van der Waals surface area contributed by atoms with Gasteiger partial charge < -0.3 is 15.2 Å². The fourth-order valence-electron chi connectivity index (χ4n) is 2.52. The summed E-state index contributed by atoms with van der Waals surface area (Å²) < 4.78 is 10.8. The van der Waals surface area contributed by atoms with Crippen molar-refractivity contribution in [1.82, 2.24) is 0 Å². The van der Waals surface area contributed by atoms with Gasteiger partial charge in [0.05, 0.1) is 14.2 Å². The van der Waals surface area contributed by atoms with Crippen LogP contribution in [0, 0.1) is 0 Å². The third-order valence-electron chi connectivity index (χ3n) is 4.07. The highest BCUT2D eigenvalue weighted by molar-refractivity contribution is 5.45. The maximum Gasteiger partial charge on any atom is 0.123 e. The highest BCUT2D eigenvalue weighted by atomic mass is 16.5. The van der Waals surface area contributed by atoms with E-state index in [0.29, 0.717) is 0 Å². The minimum atomic E-state index is -0.221. The molecule has 0 heterocycles. The van der Waals surface area contributed by atoms with Crippen LogP contribution in [-0.4, -0.2) is 14.2 Å². The lowest BCUT2D eigenvalue weighted by Crippen LogP contribution is -2.33. The smallest absolute Gasteiger partial charge is 0.123 e. The van der Waals surface area contributed by atoms with E-state index in [1.165, 1.54) is 5.56 Å². The second-order valence-corrected chi connectivity index (χ2v) is 5.67. The molecule has 2 N–H and O–H groups in total. The molecule has 3 heteroatoms. The van der Waals surface area contributed by atoms with Crippen LogP contribution >= 0.6 is 0 Å². The van der Waals surface area contributed by atoms with Crippen LogP contribution in [0.4, 0.5) is 0 Å². The number of nitrogens with two attached hydrogens (primary N) is 1. The van der Waals surface area contributed by atoms with E-state index < -0.39 is 0 Å². The summed E-state index contributed by atoms with van der Waals surface area (Å²) >= 11 is 0. The molecule has 0 aromatic heterocycles. The predicted octanol–water partition coefficient (Wildman–Crippen LogP) is 3.68. The van der Waals surface area contributed by atoms with Gasteiger partial charge in [-0.3, -0.25) is 0 Å². The third-order valence-corrected chi connectivity index (χ3v) is 4.07. The lowest BCUT2D eigenvalue weighted by atomic mass is 9.75. The summed E-state index contributed by atoms with van der Waals surface area (Å²) in [5, 5.41) is 0. The van der Waals surface area contributed by atoms with E-state index in [0.717, 1.165) is 17.1 Å². The molecule has 2 aromatic rings. The number of hydrogen-bond acceptors (Lipinski definition) is 3. The molecule has 1 unspecified atom stereocenters. The van der Waals surface area contributed by atoms with Gasteiger partial charge in [0.25, 0.3) is 0 Å². The minimum Gasteiger partial charge on any atom is -0.497 e. The molecule has 0 fully saturated rings. The van der Waals surface area contributed by atoms with Crippen LogP contribution < -0.4 is 15.2 Å². The summed E-state index contributed by atoms with van der Waals surface area (Å²) in [5.41, 5.74) is 8.49. The van der Waals surface area contributed by atoms with Crippen molar-refractivity contribution in [2.75, 3.05) is 14.2 Å². The van der Waals surface area contributed by atoms with Gasteiger partial charge in [0.2, 0.25) is 0 Å². The first kappa shape index (κ1) is 15.4. The molecule has 2 aromatic carbocycles. The number of hydrogen-bond donors (Lipinski definition) is 1. The first-order valence-electron chi connectivity index (χ1n) is 7.03. The normalized spacial score (nSPS) is 12.8. The van der Waals surface area contributed by atoms with Crippen molar-refractivity contribution in [3.63, 3.8) is 0 Å². The van der Waals surface area contributed by atoms with E-state index in [1.54, 1.807) is 14.2 Å². The fraction of sp³-hybridized carbons (Fsp3) is 0.333. The summed E-state index contributed by atoms with van der Waals surface area (Å²) in [6, 6.07) is 15.8. The quantitative estimate of drug-likeness (QED) is 0.911. The summed E-state index contributed by atoms with van der Waals surface area (Å²) in [7, 11) is 3.31. The monoisotopic (exact) mass is 285 g/mol. The van der Waals surface area contributed by atoms with E-state index in [-0.39, 0.29) is 11.5 Å². The van der Waals surface area contributed by atoms with Crippen molar-refractivity contribution in [3.8, 4) is 11.5 Å².